The van der Waals surface area contributed by atoms with Crippen LogP contribution in [0, 0.1) is 0 Å². The van der Waals surface area contributed by atoms with E-state index in [1.165, 1.54) is 12.0 Å². The molecule has 94 valence electrons. The topological polar surface area (TPSA) is 27.7 Å². The van der Waals surface area contributed by atoms with Crippen LogP contribution in [0.15, 0.2) is 18.2 Å². The number of methoxy groups -OCH3 is 1. The van der Waals surface area contributed by atoms with Crippen LogP contribution in [-0.4, -0.2) is 26.9 Å². The van der Waals surface area contributed by atoms with Gasteiger partial charge in [-0.05, 0) is 37.5 Å². The third-order valence-corrected chi connectivity index (χ3v) is 3.12. The van der Waals surface area contributed by atoms with Crippen molar-refractivity contribution in [1.29, 1.82) is 0 Å². The highest BCUT2D eigenvalue weighted by atomic mass is 16.5. The van der Waals surface area contributed by atoms with Crippen molar-refractivity contribution in [3.8, 4) is 11.5 Å². The molecule has 0 spiro atoms. The van der Waals surface area contributed by atoms with Crippen molar-refractivity contribution in [3.63, 3.8) is 0 Å². The standard InChI is InChI=1S/C14H20O3/c1-3-17-14-9-11(6-7-13(14)15-2)12-5-4-8-16-10-12/h6-7,9,12H,3-5,8,10H2,1-2H3. The Morgan fingerprint density at radius 2 is 2.24 bits per heavy atom. The third kappa shape index (κ3) is 2.91. The Labute approximate surface area is 103 Å². The van der Waals surface area contributed by atoms with Crippen LogP contribution in [0.4, 0.5) is 0 Å². The summed E-state index contributed by atoms with van der Waals surface area (Å²) in [7, 11) is 1.67. The van der Waals surface area contributed by atoms with Gasteiger partial charge in [-0.25, -0.2) is 0 Å². The van der Waals surface area contributed by atoms with Crippen molar-refractivity contribution in [2.75, 3.05) is 26.9 Å². The van der Waals surface area contributed by atoms with E-state index in [9.17, 15) is 0 Å². The Kier molecular flexibility index (Phi) is 4.26. The van der Waals surface area contributed by atoms with Gasteiger partial charge >= 0.3 is 0 Å². The van der Waals surface area contributed by atoms with E-state index in [-0.39, 0.29) is 0 Å². The predicted octanol–water partition coefficient (Wildman–Crippen LogP) is 2.99. The molecule has 3 nitrogen and oxygen atoms in total. The van der Waals surface area contributed by atoms with Gasteiger partial charge in [0.1, 0.15) is 0 Å². The van der Waals surface area contributed by atoms with Gasteiger partial charge in [0, 0.05) is 12.5 Å². The summed E-state index contributed by atoms with van der Waals surface area (Å²) in [5, 5.41) is 0. The molecule has 0 radical (unpaired) electrons. The van der Waals surface area contributed by atoms with E-state index in [1.54, 1.807) is 7.11 Å². The summed E-state index contributed by atoms with van der Waals surface area (Å²) in [6.45, 7) is 4.35. The second kappa shape index (κ2) is 5.92. The average molecular weight is 236 g/mol. The van der Waals surface area contributed by atoms with Crippen LogP contribution in [-0.2, 0) is 4.74 Å². The largest absolute Gasteiger partial charge is 0.493 e. The highest BCUT2D eigenvalue weighted by Gasteiger charge is 2.17. The van der Waals surface area contributed by atoms with Gasteiger partial charge in [0.2, 0.25) is 0 Å². The van der Waals surface area contributed by atoms with Crippen molar-refractivity contribution in [2.24, 2.45) is 0 Å². The van der Waals surface area contributed by atoms with Crippen molar-refractivity contribution < 1.29 is 14.2 Å². The zero-order valence-corrected chi connectivity index (χ0v) is 10.6. The highest BCUT2D eigenvalue weighted by Crippen LogP contribution is 2.33. The second-order valence-electron chi connectivity index (χ2n) is 4.26. The molecule has 3 heteroatoms. The van der Waals surface area contributed by atoms with Crippen LogP contribution < -0.4 is 9.47 Å². The molecule has 2 rings (SSSR count). The quantitative estimate of drug-likeness (QED) is 0.804. The molecule has 0 amide bonds. The van der Waals surface area contributed by atoms with Crippen molar-refractivity contribution in [3.05, 3.63) is 23.8 Å². The van der Waals surface area contributed by atoms with Gasteiger partial charge in [0.25, 0.3) is 0 Å². The fourth-order valence-corrected chi connectivity index (χ4v) is 2.22. The van der Waals surface area contributed by atoms with Crippen LogP contribution in [0.2, 0.25) is 0 Å². The lowest BCUT2D eigenvalue weighted by Crippen LogP contribution is -2.15. The van der Waals surface area contributed by atoms with E-state index in [0.717, 1.165) is 31.1 Å². The summed E-state index contributed by atoms with van der Waals surface area (Å²) in [6, 6.07) is 6.18. The van der Waals surface area contributed by atoms with Gasteiger partial charge in [-0.15, -0.1) is 0 Å². The molecule has 1 fully saturated rings. The molecule has 0 bridgehead atoms. The summed E-state index contributed by atoms with van der Waals surface area (Å²) in [4.78, 5) is 0. The van der Waals surface area contributed by atoms with Crippen LogP contribution in [0.25, 0.3) is 0 Å². The van der Waals surface area contributed by atoms with Gasteiger partial charge < -0.3 is 14.2 Å². The van der Waals surface area contributed by atoms with Crippen LogP contribution >= 0.6 is 0 Å². The summed E-state index contributed by atoms with van der Waals surface area (Å²) in [6.07, 6.45) is 2.33. The van der Waals surface area contributed by atoms with E-state index in [0.29, 0.717) is 12.5 Å². The summed E-state index contributed by atoms with van der Waals surface area (Å²) >= 11 is 0. The Morgan fingerprint density at radius 3 is 2.88 bits per heavy atom. The average Bonchev–Trinajstić information content (AvgIpc) is 2.40. The summed E-state index contributed by atoms with van der Waals surface area (Å²) in [5.41, 5.74) is 1.29. The van der Waals surface area contributed by atoms with E-state index in [4.69, 9.17) is 14.2 Å². The third-order valence-electron chi connectivity index (χ3n) is 3.12. The van der Waals surface area contributed by atoms with E-state index in [2.05, 4.69) is 12.1 Å². The van der Waals surface area contributed by atoms with Crippen LogP contribution in [0.5, 0.6) is 11.5 Å². The molecule has 0 aliphatic carbocycles. The Hall–Kier alpha value is -1.22. The molecule has 1 heterocycles. The molecular formula is C14H20O3. The van der Waals surface area contributed by atoms with Crippen molar-refractivity contribution in [1.82, 2.24) is 0 Å². The smallest absolute Gasteiger partial charge is 0.161 e. The zero-order chi connectivity index (χ0) is 12.1. The zero-order valence-electron chi connectivity index (χ0n) is 10.6. The number of hydrogen-bond acceptors (Lipinski definition) is 3. The first kappa shape index (κ1) is 12.2. The fourth-order valence-electron chi connectivity index (χ4n) is 2.22. The number of rotatable bonds is 4. The molecule has 1 saturated heterocycles. The van der Waals surface area contributed by atoms with Gasteiger partial charge in [0.15, 0.2) is 11.5 Å². The summed E-state index contributed by atoms with van der Waals surface area (Å²) in [5.74, 6) is 2.12. The fraction of sp³-hybridized carbons (Fsp3) is 0.571. The second-order valence-corrected chi connectivity index (χ2v) is 4.26. The molecule has 1 unspecified atom stereocenters. The number of ether oxygens (including phenoxy) is 3. The first-order valence-corrected chi connectivity index (χ1v) is 6.23. The van der Waals surface area contributed by atoms with E-state index >= 15 is 0 Å². The minimum atomic E-state index is 0.494. The molecule has 1 atom stereocenters. The Morgan fingerprint density at radius 1 is 1.35 bits per heavy atom. The maximum Gasteiger partial charge on any atom is 0.161 e. The van der Waals surface area contributed by atoms with Crippen molar-refractivity contribution in [2.45, 2.75) is 25.7 Å². The maximum atomic E-state index is 5.59. The van der Waals surface area contributed by atoms with Crippen LogP contribution in [0.1, 0.15) is 31.2 Å². The maximum absolute atomic E-state index is 5.59. The van der Waals surface area contributed by atoms with Gasteiger partial charge in [-0.2, -0.15) is 0 Å². The normalized spacial score (nSPS) is 20.0. The SMILES string of the molecule is CCOc1cc(C2CCCOC2)ccc1OC. The van der Waals surface area contributed by atoms with Gasteiger partial charge in [-0.3, -0.25) is 0 Å². The lowest BCUT2D eigenvalue weighted by atomic mass is 9.93. The van der Waals surface area contributed by atoms with Crippen molar-refractivity contribution >= 4 is 0 Å². The van der Waals surface area contributed by atoms with Gasteiger partial charge in [-0.1, -0.05) is 6.07 Å². The monoisotopic (exact) mass is 236 g/mol. The first-order chi connectivity index (χ1) is 8.35. The minimum Gasteiger partial charge on any atom is -0.493 e. The van der Waals surface area contributed by atoms with Crippen LogP contribution in [0.3, 0.4) is 0 Å². The Bertz CT molecular complexity index is 356. The molecule has 1 aromatic rings. The molecule has 17 heavy (non-hydrogen) atoms. The lowest BCUT2D eigenvalue weighted by Gasteiger charge is -2.23. The molecule has 0 aromatic heterocycles. The number of benzene rings is 1. The molecule has 1 aromatic carbocycles. The molecular weight excluding hydrogens is 216 g/mol. The predicted molar refractivity (Wildman–Crippen MR) is 67.0 cm³/mol. The van der Waals surface area contributed by atoms with E-state index in [1.807, 2.05) is 13.0 Å². The number of hydrogen-bond donors (Lipinski definition) is 0. The molecule has 1 aliphatic rings. The molecule has 0 saturated carbocycles. The first-order valence-electron chi connectivity index (χ1n) is 6.23. The minimum absolute atomic E-state index is 0.494. The highest BCUT2D eigenvalue weighted by molar-refractivity contribution is 5.44. The van der Waals surface area contributed by atoms with E-state index < -0.39 is 0 Å². The Balaban J connectivity index is 2.19. The summed E-state index contributed by atoms with van der Waals surface area (Å²) < 4.78 is 16.4. The van der Waals surface area contributed by atoms with Gasteiger partial charge in [0.05, 0.1) is 20.3 Å². The molecule has 1 aliphatic heterocycles. The molecule has 0 N–H and O–H groups in total. The lowest BCUT2D eigenvalue weighted by molar-refractivity contribution is 0.0803.